The van der Waals surface area contributed by atoms with Gasteiger partial charge in [0.1, 0.15) is 5.75 Å². The standard InChI is InChI=1S/C13H13O2P/c1-11-7-5-6-10-13(11)15-16(14)12-8-3-2-4-9-12/h2-10,16H,1H3. The van der Waals surface area contributed by atoms with E-state index >= 15 is 0 Å². The average molecular weight is 232 g/mol. The quantitative estimate of drug-likeness (QED) is 0.760. The van der Waals surface area contributed by atoms with Crippen LogP contribution in [0.2, 0.25) is 0 Å². The van der Waals surface area contributed by atoms with Gasteiger partial charge in [0.15, 0.2) is 0 Å². The molecule has 2 aromatic carbocycles. The lowest BCUT2D eigenvalue weighted by molar-refractivity contribution is 0.512. The summed E-state index contributed by atoms with van der Waals surface area (Å²) in [6.45, 7) is 1.94. The summed E-state index contributed by atoms with van der Waals surface area (Å²) in [5, 5.41) is 0.746. The lowest BCUT2D eigenvalue weighted by Crippen LogP contribution is -1.99. The molecule has 1 atom stereocenters. The normalized spacial score (nSPS) is 12.1. The molecule has 0 fully saturated rings. The average Bonchev–Trinajstić information content (AvgIpc) is 2.33. The highest BCUT2D eigenvalue weighted by atomic mass is 31.1. The van der Waals surface area contributed by atoms with Crippen LogP contribution in [-0.4, -0.2) is 0 Å². The number of benzene rings is 2. The van der Waals surface area contributed by atoms with E-state index in [1.165, 1.54) is 0 Å². The monoisotopic (exact) mass is 232 g/mol. The second-order valence-corrected chi connectivity index (χ2v) is 4.88. The van der Waals surface area contributed by atoms with Crippen LogP contribution < -0.4 is 9.83 Å². The summed E-state index contributed by atoms with van der Waals surface area (Å²) < 4.78 is 17.4. The number of rotatable bonds is 3. The van der Waals surface area contributed by atoms with Gasteiger partial charge in [0.05, 0.1) is 0 Å². The van der Waals surface area contributed by atoms with Crippen molar-refractivity contribution in [3.05, 3.63) is 60.2 Å². The molecule has 2 aromatic rings. The van der Waals surface area contributed by atoms with Gasteiger partial charge in [-0.1, -0.05) is 36.4 Å². The molecule has 0 bridgehead atoms. The van der Waals surface area contributed by atoms with Gasteiger partial charge in [-0.15, -0.1) is 0 Å². The van der Waals surface area contributed by atoms with Gasteiger partial charge >= 0.3 is 0 Å². The van der Waals surface area contributed by atoms with Gasteiger partial charge in [0.25, 0.3) is 8.03 Å². The van der Waals surface area contributed by atoms with Crippen molar-refractivity contribution in [2.24, 2.45) is 0 Å². The second-order valence-electron chi connectivity index (χ2n) is 3.52. The van der Waals surface area contributed by atoms with Crippen molar-refractivity contribution in [1.82, 2.24) is 0 Å². The molecule has 0 aliphatic rings. The third kappa shape index (κ3) is 2.53. The molecular formula is C13H13O2P. The molecule has 0 radical (unpaired) electrons. The van der Waals surface area contributed by atoms with Gasteiger partial charge in [-0.2, -0.15) is 0 Å². The van der Waals surface area contributed by atoms with E-state index in [-0.39, 0.29) is 0 Å². The van der Waals surface area contributed by atoms with E-state index in [0.29, 0.717) is 5.75 Å². The van der Waals surface area contributed by atoms with Gasteiger partial charge in [0.2, 0.25) is 0 Å². The Kier molecular flexibility index (Phi) is 3.43. The highest BCUT2D eigenvalue weighted by Crippen LogP contribution is 2.28. The van der Waals surface area contributed by atoms with Crippen molar-refractivity contribution < 1.29 is 9.09 Å². The molecule has 1 unspecified atom stereocenters. The first-order valence-corrected chi connectivity index (χ1v) is 6.42. The summed E-state index contributed by atoms with van der Waals surface area (Å²) in [4.78, 5) is 0. The maximum atomic E-state index is 11.9. The maximum absolute atomic E-state index is 11.9. The van der Waals surface area contributed by atoms with E-state index in [2.05, 4.69) is 0 Å². The van der Waals surface area contributed by atoms with Gasteiger partial charge in [-0.25, -0.2) is 0 Å². The zero-order valence-electron chi connectivity index (χ0n) is 9.01. The third-order valence-electron chi connectivity index (χ3n) is 2.31. The molecule has 0 saturated heterocycles. The molecule has 82 valence electrons. The van der Waals surface area contributed by atoms with Crippen molar-refractivity contribution in [2.75, 3.05) is 0 Å². The van der Waals surface area contributed by atoms with Crippen LogP contribution in [0.25, 0.3) is 0 Å². The second kappa shape index (κ2) is 5.00. The lowest BCUT2D eigenvalue weighted by atomic mass is 10.2. The van der Waals surface area contributed by atoms with Gasteiger partial charge in [-0.3, -0.25) is 4.57 Å². The van der Waals surface area contributed by atoms with Crippen LogP contribution in [0.1, 0.15) is 5.56 Å². The summed E-state index contributed by atoms with van der Waals surface area (Å²) in [6, 6.07) is 16.8. The highest BCUT2D eigenvalue weighted by Gasteiger charge is 2.05. The summed E-state index contributed by atoms with van der Waals surface area (Å²) in [5.41, 5.74) is 0.997. The molecule has 0 spiro atoms. The zero-order chi connectivity index (χ0) is 11.4. The fourth-order valence-electron chi connectivity index (χ4n) is 1.40. The van der Waals surface area contributed by atoms with Crippen LogP contribution in [0.5, 0.6) is 5.75 Å². The molecule has 0 aliphatic carbocycles. The highest BCUT2D eigenvalue weighted by molar-refractivity contribution is 7.48. The van der Waals surface area contributed by atoms with E-state index in [0.717, 1.165) is 10.9 Å². The molecule has 0 amide bonds. The number of hydrogen-bond acceptors (Lipinski definition) is 2. The summed E-state index contributed by atoms with van der Waals surface area (Å²) >= 11 is 0. The Morgan fingerprint density at radius 1 is 0.938 bits per heavy atom. The molecule has 0 aliphatic heterocycles. The van der Waals surface area contributed by atoms with E-state index < -0.39 is 8.03 Å². The lowest BCUT2D eigenvalue weighted by Gasteiger charge is -2.08. The van der Waals surface area contributed by atoms with Crippen LogP contribution in [0.15, 0.2) is 54.6 Å². The Hall–Kier alpha value is -1.53. The van der Waals surface area contributed by atoms with Crippen molar-refractivity contribution >= 4 is 13.3 Å². The summed E-state index contributed by atoms with van der Waals surface area (Å²) in [7, 11) is -2.19. The predicted octanol–water partition coefficient (Wildman–Crippen LogP) is 3.17. The van der Waals surface area contributed by atoms with Crippen LogP contribution in [0.3, 0.4) is 0 Å². The van der Waals surface area contributed by atoms with Crippen molar-refractivity contribution in [3.8, 4) is 5.75 Å². The Labute approximate surface area is 95.8 Å². The Bertz CT molecular complexity index is 494. The minimum atomic E-state index is -2.19. The van der Waals surface area contributed by atoms with E-state index in [4.69, 9.17) is 4.52 Å². The molecule has 0 N–H and O–H groups in total. The predicted molar refractivity (Wildman–Crippen MR) is 66.9 cm³/mol. The minimum absolute atomic E-state index is 0.690. The fourth-order valence-corrected chi connectivity index (χ4v) is 2.42. The molecular weight excluding hydrogens is 219 g/mol. The maximum Gasteiger partial charge on any atom is 0.265 e. The van der Waals surface area contributed by atoms with Crippen molar-refractivity contribution in [1.29, 1.82) is 0 Å². The number of aryl methyl sites for hydroxylation is 1. The van der Waals surface area contributed by atoms with Gasteiger partial charge in [0, 0.05) is 5.30 Å². The van der Waals surface area contributed by atoms with Crippen molar-refractivity contribution in [2.45, 2.75) is 6.92 Å². The molecule has 0 aromatic heterocycles. The first-order chi connectivity index (χ1) is 7.77. The van der Waals surface area contributed by atoms with E-state index in [1.54, 1.807) is 0 Å². The molecule has 0 saturated carbocycles. The largest absolute Gasteiger partial charge is 0.441 e. The smallest absolute Gasteiger partial charge is 0.265 e. The van der Waals surface area contributed by atoms with Crippen LogP contribution in [0, 0.1) is 6.92 Å². The first-order valence-electron chi connectivity index (χ1n) is 5.10. The zero-order valence-corrected chi connectivity index (χ0v) is 10.0. The van der Waals surface area contributed by atoms with Crippen LogP contribution >= 0.6 is 8.03 Å². The van der Waals surface area contributed by atoms with Crippen LogP contribution in [0.4, 0.5) is 0 Å². The number of hydrogen-bond donors (Lipinski definition) is 0. The third-order valence-corrected chi connectivity index (χ3v) is 3.52. The van der Waals surface area contributed by atoms with Crippen molar-refractivity contribution in [3.63, 3.8) is 0 Å². The Morgan fingerprint density at radius 3 is 2.25 bits per heavy atom. The fraction of sp³-hybridized carbons (Fsp3) is 0.0769. The number of para-hydroxylation sites is 1. The van der Waals surface area contributed by atoms with E-state index in [1.807, 2.05) is 61.5 Å². The molecule has 2 nitrogen and oxygen atoms in total. The van der Waals surface area contributed by atoms with E-state index in [9.17, 15) is 4.57 Å². The molecule has 0 heterocycles. The minimum Gasteiger partial charge on any atom is -0.441 e. The molecule has 3 heteroatoms. The van der Waals surface area contributed by atoms with Gasteiger partial charge < -0.3 is 4.52 Å². The van der Waals surface area contributed by atoms with Gasteiger partial charge in [-0.05, 0) is 30.7 Å². The topological polar surface area (TPSA) is 26.3 Å². The first kappa shape index (κ1) is 11.0. The Morgan fingerprint density at radius 2 is 1.56 bits per heavy atom. The summed E-state index contributed by atoms with van der Waals surface area (Å²) in [6.07, 6.45) is 0. The summed E-state index contributed by atoms with van der Waals surface area (Å²) in [5.74, 6) is 0.690. The molecule has 2 rings (SSSR count). The van der Waals surface area contributed by atoms with Crippen LogP contribution in [-0.2, 0) is 4.57 Å². The molecule has 16 heavy (non-hydrogen) atoms. The Balaban J connectivity index is 2.18. The SMILES string of the molecule is Cc1ccccc1O[PH](=O)c1ccccc1.